The number of hydrogen-bond acceptors (Lipinski definition) is 6. The van der Waals surface area contributed by atoms with Crippen molar-refractivity contribution in [3.8, 4) is 5.88 Å². The normalized spacial score (nSPS) is 24.4. The lowest BCUT2D eigenvalue weighted by molar-refractivity contribution is -0.115. The van der Waals surface area contributed by atoms with E-state index in [1.807, 2.05) is 11.0 Å². The van der Waals surface area contributed by atoms with Crippen molar-refractivity contribution in [1.29, 1.82) is 0 Å². The van der Waals surface area contributed by atoms with E-state index >= 15 is 0 Å². The summed E-state index contributed by atoms with van der Waals surface area (Å²) < 4.78 is 11.4. The number of nitrogens with one attached hydrogen (secondary N) is 1. The van der Waals surface area contributed by atoms with E-state index in [4.69, 9.17) is 9.47 Å². The second kappa shape index (κ2) is 7.26. The Bertz CT molecular complexity index is 633. The highest BCUT2D eigenvalue weighted by molar-refractivity contribution is 5.74. The first-order valence-corrected chi connectivity index (χ1v) is 9.45. The van der Waals surface area contributed by atoms with Crippen LogP contribution in [0, 0.1) is 5.92 Å². The number of anilines is 1. The van der Waals surface area contributed by atoms with Crippen molar-refractivity contribution in [2.45, 2.75) is 31.3 Å². The molecule has 26 heavy (non-hydrogen) atoms. The fourth-order valence-corrected chi connectivity index (χ4v) is 4.02. The molecular formula is C18H27N5O3. The highest BCUT2D eigenvalue weighted by Crippen LogP contribution is 2.38. The highest BCUT2D eigenvalue weighted by Gasteiger charge is 2.47. The van der Waals surface area contributed by atoms with Crippen molar-refractivity contribution in [1.82, 2.24) is 20.2 Å². The Labute approximate surface area is 153 Å². The van der Waals surface area contributed by atoms with Crippen molar-refractivity contribution in [2.24, 2.45) is 5.92 Å². The first-order valence-electron chi connectivity index (χ1n) is 9.45. The summed E-state index contributed by atoms with van der Waals surface area (Å²) in [7, 11) is 1.61. The molecule has 8 heteroatoms. The minimum atomic E-state index is -0.0619. The van der Waals surface area contributed by atoms with Crippen LogP contribution in [-0.2, 0) is 4.74 Å². The largest absolute Gasteiger partial charge is 0.481 e. The van der Waals surface area contributed by atoms with Gasteiger partial charge in [0, 0.05) is 25.7 Å². The lowest BCUT2D eigenvalue weighted by Crippen LogP contribution is -2.65. The Morgan fingerprint density at radius 2 is 2.19 bits per heavy atom. The van der Waals surface area contributed by atoms with Crippen LogP contribution in [0.3, 0.4) is 0 Å². The van der Waals surface area contributed by atoms with Gasteiger partial charge in [-0.25, -0.2) is 14.8 Å². The van der Waals surface area contributed by atoms with Crippen LogP contribution in [0.15, 0.2) is 12.4 Å². The van der Waals surface area contributed by atoms with E-state index in [1.54, 1.807) is 7.11 Å². The van der Waals surface area contributed by atoms with Gasteiger partial charge >= 0.3 is 6.03 Å². The zero-order chi connectivity index (χ0) is 18.0. The van der Waals surface area contributed by atoms with Crippen LogP contribution in [0.1, 0.15) is 25.7 Å². The quantitative estimate of drug-likeness (QED) is 0.870. The number of rotatable bonds is 4. The van der Waals surface area contributed by atoms with E-state index in [1.165, 1.54) is 6.33 Å². The van der Waals surface area contributed by atoms with Gasteiger partial charge in [0.1, 0.15) is 17.7 Å². The third kappa shape index (κ3) is 3.56. The Hall–Kier alpha value is -2.09. The average Bonchev–Trinajstić information content (AvgIpc) is 3.19. The molecule has 1 N–H and O–H groups in total. The Morgan fingerprint density at radius 1 is 1.38 bits per heavy atom. The number of likely N-dealkylation sites (tertiary alicyclic amines) is 1. The molecule has 1 atom stereocenters. The molecule has 0 aromatic carbocycles. The van der Waals surface area contributed by atoms with Crippen LogP contribution in [0.5, 0.6) is 5.88 Å². The summed E-state index contributed by atoms with van der Waals surface area (Å²) >= 11 is 0. The SMILES string of the molecule is COc1cc(N2CC3(CC[C@@H](CNC(=O)N4CCCC4)CO3)C2)ncn1. The molecule has 4 rings (SSSR count). The molecule has 8 nitrogen and oxygen atoms in total. The molecule has 3 saturated heterocycles. The first-order chi connectivity index (χ1) is 12.7. The predicted molar refractivity (Wildman–Crippen MR) is 96.4 cm³/mol. The predicted octanol–water partition coefficient (Wildman–Crippen LogP) is 1.28. The summed E-state index contributed by atoms with van der Waals surface area (Å²) in [6.45, 7) is 4.89. The van der Waals surface area contributed by atoms with E-state index in [0.29, 0.717) is 24.9 Å². The van der Waals surface area contributed by atoms with Crippen molar-refractivity contribution < 1.29 is 14.3 Å². The number of methoxy groups -OCH3 is 1. The maximum Gasteiger partial charge on any atom is 0.317 e. The average molecular weight is 361 g/mol. The van der Waals surface area contributed by atoms with Gasteiger partial charge in [-0.3, -0.25) is 0 Å². The number of hydrogen-bond donors (Lipinski definition) is 1. The third-order valence-corrected chi connectivity index (χ3v) is 5.69. The number of aromatic nitrogens is 2. The molecule has 0 unspecified atom stereocenters. The summed E-state index contributed by atoms with van der Waals surface area (Å²) in [5.74, 6) is 1.86. The second-order valence-corrected chi connectivity index (χ2v) is 7.55. The van der Waals surface area contributed by atoms with Gasteiger partial charge in [0.05, 0.1) is 26.8 Å². The molecule has 1 aromatic heterocycles. The maximum absolute atomic E-state index is 12.1. The summed E-state index contributed by atoms with van der Waals surface area (Å²) in [5, 5.41) is 3.07. The van der Waals surface area contributed by atoms with E-state index < -0.39 is 0 Å². The van der Waals surface area contributed by atoms with Gasteiger partial charge in [-0.2, -0.15) is 0 Å². The molecule has 0 saturated carbocycles. The highest BCUT2D eigenvalue weighted by atomic mass is 16.5. The van der Waals surface area contributed by atoms with Crippen LogP contribution in [0.2, 0.25) is 0 Å². The number of amides is 2. The first kappa shape index (κ1) is 17.3. The molecular weight excluding hydrogens is 334 g/mol. The maximum atomic E-state index is 12.1. The monoisotopic (exact) mass is 361 g/mol. The molecule has 1 spiro atoms. The third-order valence-electron chi connectivity index (χ3n) is 5.69. The minimum Gasteiger partial charge on any atom is -0.481 e. The van der Waals surface area contributed by atoms with Crippen LogP contribution in [-0.4, -0.2) is 72.9 Å². The lowest BCUT2D eigenvalue weighted by Gasteiger charge is -2.53. The van der Waals surface area contributed by atoms with Gasteiger partial charge in [0.25, 0.3) is 0 Å². The molecule has 0 bridgehead atoms. The molecule has 0 aliphatic carbocycles. The van der Waals surface area contributed by atoms with Crippen molar-refractivity contribution in [3.05, 3.63) is 12.4 Å². The molecule has 0 radical (unpaired) electrons. The number of ether oxygens (including phenoxy) is 2. The van der Waals surface area contributed by atoms with E-state index in [9.17, 15) is 4.79 Å². The van der Waals surface area contributed by atoms with Gasteiger partial charge in [-0.15, -0.1) is 0 Å². The topological polar surface area (TPSA) is 79.8 Å². The molecule has 3 fully saturated rings. The minimum absolute atomic E-state index is 0.0619. The summed E-state index contributed by atoms with van der Waals surface area (Å²) in [5.41, 5.74) is -0.0619. The second-order valence-electron chi connectivity index (χ2n) is 7.55. The number of carbonyl (C=O) groups excluding carboxylic acids is 1. The van der Waals surface area contributed by atoms with Crippen LogP contribution in [0.4, 0.5) is 10.6 Å². The number of carbonyl (C=O) groups is 1. The Morgan fingerprint density at radius 3 is 2.88 bits per heavy atom. The summed E-state index contributed by atoms with van der Waals surface area (Å²) in [6, 6.07) is 1.93. The standard InChI is InChI=1S/C18H27N5O3/c1-25-16-8-15(20-13-21-16)23-11-18(12-23)5-4-14(10-26-18)9-19-17(24)22-6-2-3-7-22/h8,13-14H,2-7,9-12H2,1H3,(H,19,24)/t14-/m0/s1. The smallest absolute Gasteiger partial charge is 0.317 e. The van der Waals surface area contributed by atoms with E-state index in [2.05, 4.69) is 20.2 Å². The van der Waals surface area contributed by atoms with Gasteiger partial charge in [0.2, 0.25) is 5.88 Å². The molecule has 3 aliphatic rings. The van der Waals surface area contributed by atoms with Gasteiger partial charge in [-0.1, -0.05) is 0 Å². The van der Waals surface area contributed by atoms with Crippen molar-refractivity contribution >= 4 is 11.8 Å². The van der Waals surface area contributed by atoms with Crippen molar-refractivity contribution in [3.63, 3.8) is 0 Å². The van der Waals surface area contributed by atoms with Crippen LogP contribution < -0.4 is 15.0 Å². The fraction of sp³-hybridized carbons (Fsp3) is 0.722. The molecule has 4 heterocycles. The van der Waals surface area contributed by atoms with E-state index in [0.717, 1.165) is 57.7 Å². The zero-order valence-corrected chi connectivity index (χ0v) is 15.3. The summed E-state index contributed by atoms with van der Waals surface area (Å²) in [6.07, 6.45) is 5.88. The number of urea groups is 1. The lowest BCUT2D eigenvalue weighted by atomic mass is 9.83. The molecule has 3 aliphatic heterocycles. The van der Waals surface area contributed by atoms with Crippen LogP contribution in [0.25, 0.3) is 0 Å². The van der Waals surface area contributed by atoms with Crippen LogP contribution >= 0.6 is 0 Å². The Kier molecular flexibility index (Phi) is 4.84. The molecule has 142 valence electrons. The number of nitrogens with zero attached hydrogens (tertiary/aromatic N) is 4. The van der Waals surface area contributed by atoms with Crippen molar-refractivity contribution in [2.75, 3.05) is 51.3 Å². The van der Waals surface area contributed by atoms with Gasteiger partial charge in [0.15, 0.2) is 0 Å². The zero-order valence-electron chi connectivity index (χ0n) is 15.3. The Balaban J connectivity index is 1.21. The molecule has 1 aromatic rings. The summed E-state index contributed by atoms with van der Waals surface area (Å²) in [4.78, 5) is 24.5. The fourth-order valence-electron chi connectivity index (χ4n) is 4.02. The molecule has 2 amide bonds. The van der Waals surface area contributed by atoms with E-state index in [-0.39, 0.29) is 11.6 Å². The van der Waals surface area contributed by atoms with Gasteiger partial charge < -0.3 is 24.6 Å². The van der Waals surface area contributed by atoms with Gasteiger partial charge in [-0.05, 0) is 31.6 Å².